The van der Waals surface area contributed by atoms with E-state index in [2.05, 4.69) is 12.2 Å². The fourth-order valence-electron chi connectivity index (χ4n) is 1.29. The van der Waals surface area contributed by atoms with Gasteiger partial charge in [-0.25, -0.2) is 0 Å². The summed E-state index contributed by atoms with van der Waals surface area (Å²) >= 11 is 1.80. The van der Waals surface area contributed by atoms with Gasteiger partial charge in [0.15, 0.2) is 0 Å². The van der Waals surface area contributed by atoms with Gasteiger partial charge in [0.2, 0.25) is 5.91 Å². The summed E-state index contributed by atoms with van der Waals surface area (Å²) in [5.41, 5.74) is 0. The molecule has 1 atom stereocenters. The van der Waals surface area contributed by atoms with E-state index in [4.69, 9.17) is 0 Å². The normalized spacial score (nSPS) is 22.6. The van der Waals surface area contributed by atoms with Crippen LogP contribution in [0.1, 0.15) is 32.6 Å². The van der Waals surface area contributed by atoms with Gasteiger partial charge in [0, 0.05) is 6.54 Å². The summed E-state index contributed by atoms with van der Waals surface area (Å²) in [5.74, 6) is 1.41. The second-order valence-corrected chi connectivity index (χ2v) is 4.46. The second kappa shape index (κ2) is 5.46. The predicted molar refractivity (Wildman–Crippen MR) is 53.4 cm³/mol. The molecule has 0 saturated carbocycles. The molecule has 1 unspecified atom stereocenters. The summed E-state index contributed by atoms with van der Waals surface area (Å²) in [6.45, 7) is 2.99. The van der Waals surface area contributed by atoms with Gasteiger partial charge in [0.05, 0.1) is 5.25 Å². The number of rotatable bonds is 4. The Hall–Kier alpha value is -0.180. The maximum Gasteiger partial charge on any atom is 0.233 e. The third-order valence-electron chi connectivity index (χ3n) is 2.05. The molecule has 3 heteroatoms. The first-order chi connectivity index (χ1) is 5.84. The van der Waals surface area contributed by atoms with E-state index in [9.17, 15) is 4.79 Å². The highest BCUT2D eigenvalue weighted by atomic mass is 32.2. The van der Waals surface area contributed by atoms with E-state index >= 15 is 0 Å². The summed E-state index contributed by atoms with van der Waals surface area (Å²) in [5, 5.41) is 3.22. The van der Waals surface area contributed by atoms with Crippen molar-refractivity contribution in [1.82, 2.24) is 5.32 Å². The molecule has 1 rings (SSSR count). The van der Waals surface area contributed by atoms with Crippen molar-refractivity contribution < 1.29 is 4.79 Å². The highest BCUT2D eigenvalue weighted by Gasteiger charge is 2.22. The minimum absolute atomic E-state index is 0.252. The van der Waals surface area contributed by atoms with E-state index in [1.807, 2.05) is 0 Å². The molecule has 12 heavy (non-hydrogen) atoms. The number of carbonyl (C=O) groups excluding carboxylic acids is 1. The third-order valence-corrected chi connectivity index (χ3v) is 3.43. The number of thioether (sulfide) groups is 1. The molecule has 70 valence electrons. The molecule has 0 aliphatic carbocycles. The number of hydrogen-bond acceptors (Lipinski definition) is 2. The van der Waals surface area contributed by atoms with Crippen LogP contribution < -0.4 is 5.32 Å². The van der Waals surface area contributed by atoms with Gasteiger partial charge in [0.25, 0.3) is 0 Å². The number of carbonyl (C=O) groups is 1. The van der Waals surface area contributed by atoms with E-state index in [0.29, 0.717) is 0 Å². The van der Waals surface area contributed by atoms with E-state index < -0.39 is 0 Å². The Morgan fingerprint density at radius 3 is 3.08 bits per heavy atom. The summed E-state index contributed by atoms with van der Waals surface area (Å²) < 4.78 is 0. The van der Waals surface area contributed by atoms with Crippen LogP contribution in [-0.2, 0) is 4.79 Å². The average Bonchev–Trinajstić information content (AvgIpc) is 2.56. The van der Waals surface area contributed by atoms with Gasteiger partial charge in [-0.1, -0.05) is 13.3 Å². The fraction of sp³-hybridized carbons (Fsp3) is 0.889. The number of hydrogen-bond donors (Lipinski definition) is 1. The van der Waals surface area contributed by atoms with Gasteiger partial charge in [0.1, 0.15) is 0 Å². The number of nitrogens with one attached hydrogen (secondary N) is 1. The predicted octanol–water partition coefficient (Wildman–Crippen LogP) is 1.80. The van der Waals surface area contributed by atoms with Crippen LogP contribution in [-0.4, -0.2) is 23.5 Å². The zero-order valence-corrected chi connectivity index (χ0v) is 8.45. The molecule has 0 aromatic rings. The smallest absolute Gasteiger partial charge is 0.233 e. The van der Waals surface area contributed by atoms with Crippen LogP contribution >= 0.6 is 11.8 Å². The zero-order valence-electron chi connectivity index (χ0n) is 7.64. The van der Waals surface area contributed by atoms with Gasteiger partial charge in [-0.2, -0.15) is 0 Å². The largest absolute Gasteiger partial charge is 0.355 e. The summed E-state index contributed by atoms with van der Waals surface area (Å²) in [6.07, 6.45) is 4.53. The molecule has 0 spiro atoms. The summed E-state index contributed by atoms with van der Waals surface area (Å²) in [4.78, 5) is 11.4. The molecular formula is C9H17NOS. The summed E-state index contributed by atoms with van der Waals surface area (Å²) in [7, 11) is 0. The molecule has 0 bridgehead atoms. The average molecular weight is 187 g/mol. The molecule has 1 saturated heterocycles. The van der Waals surface area contributed by atoms with Crippen molar-refractivity contribution in [2.24, 2.45) is 0 Å². The SMILES string of the molecule is CCCCNC(=O)C1CCCS1. The first kappa shape index (κ1) is 9.90. The Balaban J connectivity index is 2.10. The second-order valence-electron chi connectivity index (χ2n) is 3.15. The Labute approximate surface area is 78.5 Å². The standard InChI is InChI=1S/C9H17NOS/c1-2-3-6-10-9(11)8-5-4-7-12-8/h8H,2-7H2,1H3,(H,10,11). The molecule has 2 nitrogen and oxygen atoms in total. The molecule has 1 amide bonds. The van der Waals surface area contributed by atoms with Crippen molar-refractivity contribution in [2.45, 2.75) is 37.9 Å². The first-order valence-electron chi connectivity index (χ1n) is 4.74. The van der Waals surface area contributed by atoms with E-state index in [0.717, 1.165) is 31.6 Å². The fourth-order valence-corrected chi connectivity index (χ4v) is 2.47. The lowest BCUT2D eigenvalue weighted by Gasteiger charge is -2.08. The van der Waals surface area contributed by atoms with Crippen molar-refractivity contribution in [3.05, 3.63) is 0 Å². The van der Waals surface area contributed by atoms with Gasteiger partial charge in [-0.15, -0.1) is 11.8 Å². The van der Waals surface area contributed by atoms with Crippen LogP contribution in [0.25, 0.3) is 0 Å². The van der Waals surface area contributed by atoms with Crippen LogP contribution in [0, 0.1) is 0 Å². The van der Waals surface area contributed by atoms with Crippen LogP contribution in [0.3, 0.4) is 0 Å². The molecule has 1 aliphatic rings. The van der Waals surface area contributed by atoms with Crippen molar-refractivity contribution in [3.63, 3.8) is 0 Å². The van der Waals surface area contributed by atoms with E-state index in [-0.39, 0.29) is 11.2 Å². The van der Waals surface area contributed by atoms with Crippen LogP contribution in [0.5, 0.6) is 0 Å². The molecule has 1 fully saturated rings. The van der Waals surface area contributed by atoms with Crippen molar-refractivity contribution in [3.8, 4) is 0 Å². The highest BCUT2D eigenvalue weighted by molar-refractivity contribution is 8.00. The lowest BCUT2D eigenvalue weighted by Crippen LogP contribution is -2.31. The third kappa shape index (κ3) is 3.05. The molecular weight excluding hydrogens is 170 g/mol. The maximum absolute atomic E-state index is 11.4. The number of amides is 1. The van der Waals surface area contributed by atoms with Crippen molar-refractivity contribution in [2.75, 3.05) is 12.3 Å². The van der Waals surface area contributed by atoms with Crippen LogP contribution in [0.4, 0.5) is 0 Å². The van der Waals surface area contributed by atoms with E-state index in [1.54, 1.807) is 11.8 Å². The Bertz CT molecular complexity index is 143. The maximum atomic E-state index is 11.4. The Kier molecular flexibility index (Phi) is 4.51. The Morgan fingerprint density at radius 2 is 2.50 bits per heavy atom. The quantitative estimate of drug-likeness (QED) is 0.680. The number of unbranched alkanes of at least 4 members (excludes halogenated alkanes) is 1. The minimum Gasteiger partial charge on any atom is -0.355 e. The molecule has 0 radical (unpaired) electrons. The van der Waals surface area contributed by atoms with Crippen LogP contribution in [0.15, 0.2) is 0 Å². The first-order valence-corrected chi connectivity index (χ1v) is 5.78. The minimum atomic E-state index is 0.252. The van der Waals surface area contributed by atoms with Crippen molar-refractivity contribution >= 4 is 17.7 Å². The van der Waals surface area contributed by atoms with Gasteiger partial charge < -0.3 is 5.32 Å². The lowest BCUT2D eigenvalue weighted by molar-refractivity contribution is -0.120. The van der Waals surface area contributed by atoms with E-state index in [1.165, 1.54) is 6.42 Å². The molecule has 0 aromatic carbocycles. The molecule has 0 aromatic heterocycles. The van der Waals surface area contributed by atoms with Crippen molar-refractivity contribution in [1.29, 1.82) is 0 Å². The zero-order chi connectivity index (χ0) is 8.81. The molecule has 1 heterocycles. The molecule has 1 aliphatic heterocycles. The van der Waals surface area contributed by atoms with Gasteiger partial charge in [-0.3, -0.25) is 4.79 Å². The Morgan fingerprint density at radius 1 is 1.67 bits per heavy atom. The van der Waals surface area contributed by atoms with Gasteiger partial charge >= 0.3 is 0 Å². The monoisotopic (exact) mass is 187 g/mol. The molecule has 1 N–H and O–H groups in total. The van der Waals surface area contributed by atoms with Gasteiger partial charge in [-0.05, 0) is 25.0 Å². The van der Waals surface area contributed by atoms with Crippen LogP contribution in [0.2, 0.25) is 0 Å². The summed E-state index contributed by atoms with van der Waals surface area (Å²) in [6, 6.07) is 0. The topological polar surface area (TPSA) is 29.1 Å². The lowest BCUT2D eigenvalue weighted by atomic mass is 10.2. The highest BCUT2D eigenvalue weighted by Crippen LogP contribution is 2.25.